The van der Waals surface area contributed by atoms with Crippen molar-refractivity contribution >= 4 is 40.0 Å². The van der Waals surface area contributed by atoms with E-state index in [1.807, 2.05) is 30.5 Å². The quantitative estimate of drug-likeness (QED) is 0.757. The zero-order valence-corrected chi connectivity index (χ0v) is 12.3. The molecule has 0 unspecified atom stereocenters. The Morgan fingerprint density at radius 1 is 1.20 bits per heavy atom. The van der Waals surface area contributed by atoms with Crippen molar-refractivity contribution in [3.05, 3.63) is 35.9 Å². The first-order valence-corrected chi connectivity index (χ1v) is 7.70. The van der Waals surface area contributed by atoms with Crippen LogP contribution < -0.4 is 16.8 Å². The van der Waals surface area contributed by atoms with Crippen molar-refractivity contribution in [2.75, 3.05) is 11.6 Å². The van der Waals surface area contributed by atoms with E-state index in [1.54, 1.807) is 17.8 Å². The van der Waals surface area contributed by atoms with Gasteiger partial charge in [0.25, 0.3) is 5.91 Å². The fourth-order valence-corrected chi connectivity index (χ4v) is 3.16. The first kappa shape index (κ1) is 14.4. The average Bonchev–Trinajstić information content (AvgIpc) is 2.82. The molecule has 0 spiro atoms. The molecule has 0 aliphatic rings. The Morgan fingerprint density at radius 2 is 1.85 bits per heavy atom. The summed E-state index contributed by atoms with van der Waals surface area (Å²) in [4.78, 5) is 24.3. The normalized spacial score (nSPS) is 10.2. The number of amides is 3. The molecule has 20 heavy (non-hydrogen) atoms. The van der Waals surface area contributed by atoms with E-state index in [2.05, 4.69) is 5.32 Å². The van der Waals surface area contributed by atoms with Gasteiger partial charge in [0.05, 0.1) is 5.56 Å². The third kappa shape index (κ3) is 3.12. The summed E-state index contributed by atoms with van der Waals surface area (Å²) in [6.07, 6.45) is 2.00. The summed E-state index contributed by atoms with van der Waals surface area (Å²) in [5.41, 5.74) is 11.6. The van der Waals surface area contributed by atoms with E-state index in [0.29, 0.717) is 5.00 Å². The number of benzene rings is 1. The minimum atomic E-state index is -0.723. The van der Waals surface area contributed by atoms with Gasteiger partial charge in [0, 0.05) is 9.77 Å². The lowest BCUT2D eigenvalue weighted by Gasteiger charge is -1.99. The van der Waals surface area contributed by atoms with Crippen LogP contribution in [0.2, 0.25) is 0 Å². The van der Waals surface area contributed by atoms with Crippen LogP contribution in [0.4, 0.5) is 9.80 Å². The lowest BCUT2D eigenvalue weighted by atomic mass is 10.1. The van der Waals surface area contributed by atoms with Crippen LogP contribution in [-0.4, -0.2) is 18.2 Å². The molecule has 2 rings (SSSR count). The van der Waals surface area contributed by atoms with E-state index in [0.717, 1.165) is 15.3 Å². The predicted molar refractivity (Wildman–Crippen MR) is 83.3 cm³/mol. The van der Waals surface area contributed by atoms with Gasteiger partial charge in [0.2, 0.25) is 0 Å². The number of rotatable bonds is 4. The maximum absolute atomic E-state index is 11.4. The zero-order chi connectivity index (χ0) is 14.7. The third-order valence-electron chi connectivity index (χ3n) is 2.61. The molecule has 0 saturated carbocycles. The molecule has 5 nitrogen and oxygen atoms in total. The first-order valence-electron chi connectivity index (χ1n) is 5.65. The minimum absolute atomic E-state index is 0.262. The van der Waals surface area contributed by atoms with Crippen LogP contribution in [0.3, 0.4) is 0 Å². The molecule has 1 heterocycles. The monoisotopic (exact) mass is 307 g/mol. The molecule has 104 valence electrons. The van der Waals surface area contributed by atoms with Crippen LogP contribution >= 0.6 is 23.1 Å². The number of hydrogen-bond donors (Lipinski definition) is 3. The largest absolute Gasteiger partial charge is 0.366 e. The van der Waals surface area contributed by atoms with Crippen molar-refractivity contribution < 1.29 is 9.59 Å². The Bertz CT molecular complexity index is 650. The van der Waals surface area contributed by atoms with E-state index in [9.17, 15) is 9.59 Å². The summed E-state index contributed by atoms with van der Waals surface area (Å²) in [6, 6.07) is 8.83. The number of anilines is 1. The SMILES string of the molecule is CSc1ccc(-c2cc(C(N)=O)c(NC(N)=O)s2)cc1. The second-order valence-corrected chi connectivity index (χ2v) is 5.87. The molecule has 0 radical (unpaired) electrons. The molecule has 0 fully saturated rings. The predicted octanol–water partition coefficient (Wildman–Crippen LogP) is 2.73. The Hall–Kier alpha value is -1.99. The summed E-state index contributed by atoms with van der Waals surface area (Å²) < 4.78 is 0. The molecule has 2 aromatic rings. The van der Waals surface area contributed by atoms with Gasteiger partial charge < -0.3 is 11.5 Å². The summed E-state index contributed by atoms with van der Waals surface area (Å²) in [6.45, 7) is 0. The number of carbonyl (C=O) groups is 2. The first-order chi connectivity index (χ1) is 9.51. The molecular weight excluding hydrogens is 294 g/mol. The molecule has 3 amide bonds. The molecule has 0 atom stereocenters. The topological polar surface area (TPSA) is 98.2 Å². The fourth-order valence-electron chi connectivity index (χ4n) is 1.68. The Kier molecular flexibility index (Phi) is 4.31. The van der Waals surface area contributed by atoms with Gasteiger partial charge in [-0.25, -0.2) is 4.79 Å². The highest BCUT2D eigenvalue weighted by atomic mass is 32.2. The molecule has 5 N–H and O–H groups in total. The van der Waals surface area contributed by atoms with Crippen LogP contribution in [0.15, 0.2) is 35.2 Å². The molecule has 7 heteroatoms. The Balaban J connectivity index is 2.41. The highest BCUT2D eigenvalue weighted by molar-refractivity contribution is 7.98. The second-order valence-electron chi connectivity index (χ2n) is 3.94. The van der Waals surface area contributed by atoms with Crippen LogP contribution in [-0.2, 0) is 0 Å². The van der Waals surface area contributed by atoms with Crippen LogP contribution in [0, 0.1) is 0 Å². The van der Waals surface area contributed by atoms with Crippen molar-refractivity contribution in [3.63, 3.8) is 0 Å². The van der Waals surface area contributed by atoms with Crippen molar-refractivity contribution in [3.8, 4) is 10.4 Å². The molecule has 0 aliphatic heterocycles. The van der Waals surface area contributed by atoms with E-state index < -0.39 is 11.9 Å². The molecule has 0 saturated heterocycles. The maximum atomic E-state index is 11.4. The second kappa shape index (κ2) is 5.98. The van der Waals surface area contributed by atoms with E-state index >= 15 is 0 Å². The highest BCUT2D eigenvalue weighted by Crippen LogP contribution is 2.35. The van der Waals surface area contributed by atoms with Gasteiger partial charge in [0.15, 0.2) is 0 Å². The van der Waals surface area contributed by atoms with Crippen molar-refractivity contribution in [2.24, 2.45) is 11.5 Å². The highest BCUT2D eigenvalue weighted by Gasteiger charge is 2.15. The van der Waals surface area contributed by atoms with Crippen LogP contribution in [0.5, 0.6) is 0 Å². The summed E-state index contributed by atoms with van der Waals surface area (Å²) in [7, 11) is 0. The number of hydrogen-bond acceptors (Lipinski definition) is 4. The molecule has 0 aliphatic carbocycles. The standard InChI is InChI=1S/C13H13N3O2S2/c1-19-8-4-2-7(3-5-8)10-6-9(11(14)17)12(20-10)16-13(15)18/h2-6H,1H3,(H2,14,17)(H3,15,16,18). The summed E-state index contributed by atoms with van der Waals surface area (Å²) in [5, 5.41) is 2.79. The van der Waals surface area contributed by atoms with Crippen molar-refractivity contribution in [2.45, 2.75) is 4.90 Å². The average molecular weight is 307 g/mol. The summed E-state index contributed by atoms with van der Waals surface area (Å²) in [5.74, 6) is -0.600. The van der Waals surface area contributed by atoms with Crippen molar-refractivity contribution in [1.29, 1.82) is 0 Å². The molecular formula is C13H13N3O2S2. The summed E-state index contributed by atoms with van der Waals surface area (Å²) >= 11 is 2.91. The van der Waals surface area contributed by atoms with E-state index in [1.165, 1.54) is 11.3 Å². The third-order valence-corrected chi connectivity index (χ3v) is 4.45. The zero-order valence-electron chi connectivity index (χ0n) is 10.7. The van der Waals surface area contributed by atoms with E-state index in [-0.39, 0.29) is 5.56 Å². The molecule has 0 bridgehead atoms. The smallest absolute Gasteiger partial charge is 0.317 e. The number of nitrogens with two attached hydrogens (primary N) is 2. The van der Waals surface area contributed by atoms with Gasteiger partial charge in [-0.15, -0.1) is 23.1 Å². The van der Waals surface area contributed by atoms with Crippen molar-refractivity contribution in [1.82, 2.24) is 0 Å². The molecule has 1 aromatic heterocycles. The Morgan fingerprint density at radius 3 is 2.35 bits per heavy atom. The number of nitrogens with one attached hydrogen (secondary N) is 1. The van der Waals surface area contributed by atoms with Gasteiger partial charge in [-0.2, -0.15) is 0 Å². The van der Waals surface area contributed by atoms with Gasteiger partial charge in [-0.1, -0.05) is 12.1 Å². The van der Waals surface area contributed by atoms with Gasteiger partial charge in [0.1, 0.15) is 5.00 Å². The number of thiophene rings is 1. The number of urea groups is 1. The lowest BCUT2D eigenvalue weighted by molar-refractivity contribution is 0.100. The van der Waals surface area contributed by atoms with Gasteiger partial charge >= 0.3 is 6.03 Å². The maximum Gasteiger partial charge on any atom is 0.317 e. The number of thioether (sulfide) groups is 1. The number of carbonyl (C=O) groups excluding carboxylic acids is 2. The lowest BCUT2D eigenvalue weighted by Crippen LogP contribution is -2.21. The van der Waals surface area contributed by atoms with Crippen LogP contribution in [0.25, 0.3) is 10.4 Å². The Labute approximate surface area is 124 Å². The van der Waals surface area contributed by atoms with Crippen LogP contribution in [0.1, 0.15) is 10.4 Å². The van der Waals surface area contributed by atoms with Gasteiger partial charge in [-0.05, 0) is 30.0 Å². The minimum Gasteiger partial charge on any atom is -0.366 e. The number of primary amides is 2. The van der Waals surface area contributed by atoms with E-state index in [4.69, 9.17) is 11.5 Å². The van der Waals surface area contributed by atoms with Gasteiger partial charge in [-0.3, -0.25) is 10.1 Å². The molecule has 1 aromatic carbocycles. The fraction of sp³-hybridized carbons (Fsp3) is 0.0769.